The molecule has 38 heavy (non-hydrogen) atoms. The molecule has 0 saturated heterocycles. The first-order valence-electron chi connectivity index (χ1n) is 13.8. The summed E-state index contributed by atoms with van der Waals surface area (Å²) >= 11 is 0. The fourth-order valence-electron chi connectivity index (χ4n) is 6.13. The van der Waals surface area contributed by atoms with Gasteiger partial charge in [0.05, 0.1) is 13.5 Å². The lowest BCUT2D eigenvalue weighted by Gasteiger charge is -2.30. The van der Waals surface area contributed by atoms with Crippen LogP contribution in [0.2, 0.25) is 0 Å². The van der Waals surface area contributed by atoms with Gasteiger partial charge in [0, 0.05) is 0 Å². The highest BCUT2D eigenvalue weighted by Crippen LogP contribution is 2.51. The normalized spacial score (nSPS) is 18.1. The van der Waals surface area contributed by atoms with Crippen molar-refractivity contribution < 1.29 is 19.4 Å². The van der Waals surface area contributed by atoms with Crippen molar-refractivity contribution >= 4 is 11.5 Å². The van der Waals surface area contributed by atoms with E-state index in [-0.39, 0.29) is 11.8 Å². The lowest BCUT2D eigenvalue weighted by molar-refractivity contribution is -0.135. The van der Waals surface area contributed by atoms with Crippen LogP contribution in [-0.2, 0) is 11.4 Å². The van der Waals surface area contributed by atoms with Crippen molar-refractivity contribution in [3.63, 3.8) is 0 Å². The first kappa shape index (κ1) is 26.1. The summed E-state index contributed by atoms with van der Waals surface area (Å²) in [6, 6.07) is 23.0. The average Bonchev–Trinajstić information content (AvgIpc) is 3.24. The third kappa shape index (κ3) is 5.65. The molecular weight excluding hydrogens is 472 g/mol. The molecule has 2 aliphatic rings. The third-order valence-corrected chi connectivity index (χ3v) is 8.43. The fraction of sp³-hybridized carbons (Fsp3) is 0.382. The molecule has 0 amide bonds. The molecular formula is C34H38O4. The van der Waals surface area contributed by atoms with E-state index in [1.54, 1.807) is 7.11 Å². The molecule has 0 heterocycles. The van der Waals surface area contributed by atoms with Gasteiger partial charge in [-0.2, -0.15) is 0 Å². The molecule has 1 atom stereocenters. The summed E-state index contributed by atoms with van der Waals surface area (Å²) in [5.74, 6) is 1.33. The minimum atomic E-state index is -0.788. The van der Waals surface area contributed by atoms with E-state index in [0.717, 1.165) is 47.5 Å². The number of carbonyl (C=O) groups is 1. The van der Waals surface area contributed by atoms with Gasteiger partial charge in [-0.05, 0) is 101 Å². The van der Waals surface area contributed by atoms with Crippen molar-refractivity contribution in [3.05, 3.63) is 89.0 Å². The Balaban J connectivity index is 1.42. The van der Waals surface area contributed by atoms with Crippen LogP contribution in [0.25, 0.3) is 16.7 Å². The van der Waals surface area contributed by atoms with E-state index in [1.165, 1.54) is 41.5 Å². The topological polar surface area (TPSA) is 55.8 Å². The van der Waals surface area contributed by atoms with Crippen molar-refractivity contribution in [2.24, 2.45) is 5.41 Å². The van der Waals surface area contributed by atoms with E-state index in [1.807, 2.05) is 30.3 Å². The van der Waals surface area contributed by atoms with Crippen LogP contribution in [0.5, 0.6) is 11.5 Å². The number of benzene rings is 3. The van der Waals surface area contributed by atoms with E-state index in [9.17, 15) is 9.90 Å². The lowest BCUT2D eigenvalue weighted by Crippen LogP contribution is -2.16. The number of ether oxygens (including phenoxy) is 2. The zero-order chi connectivity index (χ0) is 26.7. The number of aliphatic carboxylic acids is 1. The van der Waals surface area contributed by atoms with Crippen LogP contribution in [-0.4, -0.2) is 18.2 Å². The maximum absolute atomic E-state index is 11.5. The number of hydrogen-bond donors (Lipinski definition) is 1. The Hall–Kier alpha value is -3.53. The summed E-state index contributed by atoms with van der Waals surface area (Å²) in [5, 5.41) is 9.45. The Morgan fingerprint density at radius 3 is 2.45 bits per heavy atom. The average molecular weight is 511 g/mol. The highest BCUT2D eigenvalue weighted by molar-refractivity contribution is 5.86. The highest BCUT2D eigenvalue weighted by Gasteiger charge is 2.36. The van der Waals surface area contributed by atoms with Gasteiger partial charge in [0.1, 0.15) is 18.1 Å². The van der Waals surface area contributed by atoms with Gasteiger partial charge in [-0.15, -0.1) is 0 Å². The Bertz CT molecular complexity index is 1340. The molecule has 0 bridgehead atoms. The first-order chi connectivity index (χ1) is 18.3. The minimum Gasteiger partial charge on any atom is -0.497 e. The molecule has 3 aromatic rings. The summed E-state index contributed by atoms with van der Waals surface area (Å²) in [6.45, 7) is 5.24. The number of carboxylic acid groups (broad SMARTS) is 1. The van der Waals surface area contributed by atoms with Crippen LogP contribution in [0.1, 0.15) is 81.4 Å². The number of methoxy groups -OCH3 is 1. The predicted octanol–water partition coefficient (Wildman–Crippen LogP) is 8.65. The molecule has 2 aliphatic carbocycles. The zero-order valence-corrected chi connectivity index (χ0v) is 22.8. The molecule has 1 N–H and O–H groups in total. The third-order valence-electron chi connectivity index (χ3n) is 8.43. The predicted molar refractivity (Wildman–Crippen MR) is 153 cm³/mol. The van der Waals surface area contributed by atoms with E-state index < -0.39 is 5.97 Å². The summed E-state index contributed by atoms with van der Waals surface area (Å²) in [7, 11) is 1.71. The Morgan fingerprint density at radius 2 is 1.76 bits per heavy atom. The van der Waals surface area contributed by atoms with E-state index in [4.69, 9.17) is 9.47 Å². The van der Waals surface area contributed by atoms with Gasteiger partial charge in [0.15, 0.2) is 0 Å². The maximum atomic E-state index is 11.5. The molecule has 198 valence electrons. The van der Waals surface area contributed by atoms with Gasteiger partial charge in [0.25, 0.3) is 0 Å². The van der Waals surface area contributed by atoms with Gasteiger partial charge in [0.2, 0.25) is 0 Å². The van der Waals surface area contributed by atoms with Crippen LogP contribution in [0.15, 0.2) is 72.3 Å². The molecule has 4 nitrogen and oxygen atoms in total. The van der Waals surface area contributed by atoms with Crippen LogP contribution >= 0.6 is 0 Å². The van der Waals surface area contributed by atoms with E-state index in [0.29, 0.717) is 12.5 Å². The van der Waals surface area contributed by atoms with E-state index in [2.05, 4.69) is 50.2 Å². The van der Waals surface area contributed by atoms with Gasteiger partial charge in [-0.25, -0.2) is 0 Å². The van der Waals surface area contributed by atoms with Gasteiger partial charge in [-0.3, -0.25) is 4.79 Å². The van der Waals surface area contributed by atoms with Crippen LogP contribution in [0, 0.1) is 5.41 Å². The fourth-order valence-corrected chi connectivity index (χ4v) is 6.13. The molecule has 2 fully saturated rings. The Labute approximate surface area is 226 Å². The van der Waals surface area contributed by atoms with Crippen molar-refractivity contribution in [1.29, 1.82) is 0 Å². The van der Waals surface area contributed by atoms with Crippen molar-refractivity contribution in [1.82, 2.24) is 0 Å². The van der Waals surface area contributed by atoms with Crippen molar-refractivity contribution in [2.45, 2.75) is 71.3 Å². The van der Waals surface area contributed by atoms with Gasteiger partial charge in [-0.1, -0.05) is 68.3 Å². The van der Waals surface area contributed by atoms with Crippen LogP contribution in [0.4, 0.5) is 0 Å². The monoisotopic (exact) mass is 510 g/mol. The highest BCUT2D eigenvalue weighted by atomic mass is 16.5. The number of allylic oxidation sites excluding steroid dienone is 1. The summed E-state index contributed by atoms with van der Waals surface area (Å²) in [6.07, 6.45) is 6.86. The van der Waals surface area contributed by atoms with Crippen LogP contribution in [0.3, 0.4) is 0 Å². The molecule has 0 aromatic heterocycles. The van der Waals surface area contributed by atoms with Crippen molar-refractivity contribution in [2.75, 3.05) is 7.11 Å². The second kappa shape index (κ2) is 11.1. The summed E-state index contributed by atoms with van der Waals surface area (Å²) in [4.78, 5) is 11.5. The zero-order valence-electron chi connectivity index (χ0n) is 22.8. The number of carboxylic acids is 1. The molecule has 4 heteroatoms. The molecule has 0 aliphatic heterocycles. The molecule has 5 rings (SSSR count). The van der Waals surface area contributed by atoms with E-state index >= 15 is 0 Å². The molecule has 2 saturated carbocycles. The minimum absolute atomic E-state index is 0.0606. The van der Waals surface area contributed by atoms with Gasteiger partial charge < -0.3 is 14.6 Å². The largest absolute Gasteiger partial charge is 0.497 e. The quantitative estimate of drug-likeness (QED) is 0.313. The van der Waals surface area contributed by atoms with Gasteiger partial charge >= 0.3 is 5.97 Å². The summed E-state index contributed by atoms with van der Waals surface area (Å²) in [5.41, 5.74) is 8.39. The number of rotatable bonds is 9. The summed E-state index contributed by atoms with van der Waals surface area (Å²) < 4.78 is 11.8. The van der Waals surface area contributed by atoms with Crippen molar-refractivity contribution in [3.8, 4) is 22.6 Å². The Morgan fingerprint density at radius 1 is 0.974 bits per heavy atom. The molecule has 0 unspecified atom stereocenters. The molecule has 0 spiro atoms. The Kier molecular flexibility index (Phi) is 7.60. The lowest BCUT2D eigenvalue weighted by atomic mass is 9.75. The molecule has 3 aromatic carbocycles. The number of hydrogen-bond acceptors (Lipinski definition) is 3. The standard InChI is InChI=1S/C34H38O4/c1-34(2)17-7-14-32(34)31-18-23(15-16-29(31)25-10-5-12-27(19-25)37-3)22-38-28-13-6-11-26(20-28)30(21-33(35)36)24-8-4-9-24/h5-6,10-13,15-16,18-20,32H,4,7-9,14,17,21-22H2,1-3H3,(H,35,36)/t32-/m1/s1. The molecule has 0 radical (unpaired) electrons. The smallest absolute Gasteiger partial charge is 0.307 e. The SMILES string of the molecule is COc1cccc(-c2ccc(COc3cccc(C(CC(=O)O)=C4CCC4)c3)cc2[C@H]2CCCC2(C)C)c1. The maximum Gasteiger partial charge on any atom is 0.307 e. The second-order valence-corrected chi connectivity index (χ2v) is 11.4. The van der Waals surface area contributed by atoms with Crippen LogP contribution < -0.4 is 9.47 Å². The first-order valence-corrected chi connectivity index (χ1v) is 13.8. The second-order valence-electron chi connectivity index (χ2n) is 11.4.